The summed E-state index contributed by atoms with van der Waals surface area (Å²) in [5.41, 5.74) is 5.22. The number of allylic oxidation sites excluding steroid dienone is 2. The van der Waals surface area contributed by atoms with E-state index in [2.05, 4.69) is 34.2 Å². The second-order valence-corrected chi connectivity index (χ2v) is 9.86. The number of nitriles is 1. The number of nitrogens with one attached hydrogen (secondary N) is 3. The van der Waals surface area contributed by atoms with E-state index in [0.717, 1.165) is 29.5 Å². The number of benzene rings is 3. The maximum atomic E-state index is 13.0. The fourth-order valence-electron chi connectivity index (χ4n) is 4.54. The van der Waals surface area contributed by atoms with E-state index in [1.165, 1.54) is 30.5 Å². The highest BCUT2D eigenvalue weighted by molar-refractivity contribution is 6.32. The Morgan fingerprint density at radius 3 is 2.27 bits per heavy atom. The number of aliphatic carboxylic acids is 1. The lowest BCUT2D eigenvalue weighted by Crippen LogP contribution is -2.33. The zero-order chi connectivity index (χ0) is 28.5. The summed E-state index contributed by atoms with van der Waals surface area (Å²) >= 11 is 6.12. The van der Waals surface area contributed by atoms with E-state index in [0.29, 0.717) is 16.8 Å². The summed E-state index contributed by atoms with van der Waals surface area (Å²) in [6.07, 6.45) is 6.63. The van der Waals surface area contributed by atoms with Crippen molar-refractivity contribution in [2.45, 2.75) is 38.1 Å². The molecule has 0 heterocycles. The van der Waals surface area contributed by atoms with Crippen LogP contribution in [0.3, 0.4) is 0 Å². The standard InChI is InChI=1S/C31H29ClN4O4/c32-27-18-26(15-14-25(27)19-33)35-31(40)36-29(22-8-6-21(7-9-22)20-4-2-1-3-5-20)23-10-12-24(13-11-23)30(39)34-17-16-28(37)38/h4,6-15,18,29H,1-3,5,16-17H2,(H,34,39)(H,37,38)(H2,35,36,40). The van der Waals surface area contributed by atoms with Gasteiger partial charge in [0.1, 0.15) is 6.07 Å². The van der Waals surface area contributed by atoms with E-state index in [9.17, 15) is 14.4 Å². The van der Waals surface area contributed by atoms with Crippen LogP contribution >= 0.6 is 11.6 Å². The van der Waals surface area contributed by atoms with Crippen molar-refractivity contribution in [1.82, 2.24) is 10.6 Å². The van der Waals surface area contributed by atoms with E-state index in [4.69, 9.17) is 22.0 Å². The van der Waals surface area contributed by atoms with E-state index in [1.54, 1.807) is 30.3 Å². The van der Waals surface area contributed by atoms with Crippen LogP contribution < -0.4 is 16.0 Å². The lowest BCUT2D eigenvalue weighted by Gasteiger charge is -2.21. The van der Waals surface area contributed by atoms with E-state index >= 15 is 0 Å². The molecule has 0 aromatic heterocycles. The smallest absolute Gasteiger partial charge is 0.319 e. The minimum atomic E-state index is -0.989. The van der Waals surface area contributed by atoms with Gasteiger partial charge < -0.3 is 21.1 Å². The van der Waals surface area contributed by atoms with Gasteiger partial charge in [0, 0.05) is 17.8 Å². The van der Waals surface area contributed by atoms with Crippen molar-refractivity contribution in [3.05, 3.63) is 106 Å². The number of carbonyl (C=O) groups is 3. The molecule has 9 heteroatoms. The van der Waals surface area contributed by atoms with Gasteiger partial charge in [-0.05, 0) is 78.3 Å². The molecule has 0 fully saturated rings. The van der Waals surface area contributed by atoms with E-state index < -0.39 is 18.0 Å². The Morgan fingerprint density at radius 1 is 0.975 bits per heavy atom. The first-order valence-electron chi connectivity index (χ1n) is 13.0. The second kappa shape index (κ2) is 13.5. The van der Waals surface area contributed by atoms with Crippen molar-refractivity contribution < 1.29 is 19.5 Å². The normalized spacial score (nSPS) is 13.3. The molecule has 1 atom stereocenters. The molecule has 1 aliphatic carbocycles. The Kier molecular flexibility index (Phi) is 9.55. The summed E-state index contributed by atoms with van der Waals surface area (Å²) in [6, 6.07) is 20.5. The van der Waals surface area contributed by atoms with Crippen molar-refractivity contribution >= 4 is 40.8 Å². The number of carbonyl (C=O) groups excluding carboxylic acids is 2. The van der Waals surface area contributed by atoms with Crippen molar-refractivity contribution in [2.75, 3.05) is 11.9 Å². The predicted octanol–water partition coefficient (Wildman–Crippen LogP) is 6.28. The average molecular weight is 557 g/mol. The lowest BCUT2D eigenvalue weighted by molar-refractivity contribution is -0.136. The molecule has 0 saturated heterocycles. The van der Waals surface area contributed by atoms with Crippen LogP contribution in [-0.2, 0) is 4.79 Å². The second-order valence-electron chi connectivity index (χ2n) is 9.46. The summed E-state index contributed by atoms with van der Waals surface area (Å²) in [5.74, 6) is -1.37. The molecular weight excluding hydrogens is 528 g/mol. The number of carboxylic acids is 1. The van der Waals surface area contributed by atoms with Gasteiger partial charge in [0.25, 0.3) is 5.91 Å². The summed E-state index contributed by atoms with van der Waals surface area (Å²) in [7, 11) is 0. The minimum absolute atomic E-state index is 0.0302. The minimum Gasteiger partial charge on any atom is -0.481 e. The van der Waals surface area contributed by atoms with Crippen LogP contribution in [0.5, 0.6) is 0 Å². The molecule has 3 amide bonds. The third kappa shape index (κ3) is 7.49. The van der Waals surface area contributed by atoms with Crippen LogP contribution in [0.2, 0.25) is 5.02 Å². The molecule has 1 aliphatic rings. The highest BCUT2D eigenvalue weighted by atomic mass is 35.5. The van der Waals surface area contributed by atoms with Crippen molar-refractivity contribution in [1.29, 1.82) is 5.26 Å². The molecule has 0 radical (unpaired) electrons. The maximum absolute atomic E-state index is 13.0. The third-order valence-electron chi connectivity index (χ3n) is 6.66. The van der Waals surface area contributed by atoms with Gasteiger partial charge in [0.2, 0.25) is 0 Å². The number of hydrogen-bond donors (Lipinski definition) is 4. The number of rotatable bonds is 9. The largest absolute Gasteiger partial charge is 0.481 e. The number of hydrogen-bond acceptors (Lipinski definition) is 4. The predicted molar refractivity (Wildman–Crippen MR) is 154 cm³/mol. The molecule has 0 aliphatic heterocycles. The van der Waals surface area contributed by atoms with Gasteiger partial charge in [-0.2, -0.15) is 5.26 Å². The van der Waals surface area contributed by atoms with Gasteiger partial charge in [0.05, 0.1) is 23.0 Å². The Balaban J connectivity index is 1.55. The highest BCUT2D eigenvalue weighted by Gasteiger charge is 2.19. The molecular formula is C31H29ClN4O4. The summed E-state index contributed by atoms with van der Waals surface area (Å²) in [6.45, 7) is 0.0302. The summed E-state index contributed by atoms with van der Waals surface area (Å²) < 4.78 is 0. The van der Waals surface area contributed by atoms with Crippen LogP contribution in [0.1, 0.15) is 70.8 Å². The van der Waals surface area contributed by atoms with Crippen LogP contribution in [0, 0.1) is 11.3 Å². The molecule has 4 rings (SSSR count). The SMILES string of the molecule is N#Cc1ccc(NC(=O)NC(c2ccc(C(=O)NCCC(=O)O)cc2)c2ccc(C3=CCCCC3)cc2)cc1Cl. The van der Waals surface area contributed by atoms with Gasteiger partial charge in [0.15, 0.2) is 0 Å². The van der Waals surface area contributed by atoms with E-state index in [1.807, 2.05) is 18.2 Å². The quantitative estimate of drug-likeness (QED) is 0.246. The van der Waals surface area contributed by atoms with Crippen molar-refractivity contribution in [2.24, 2.45) is 0 Å². The topological polar surface area (TPSA) is 131 Å². The first-order valence-corrected chi connectivity index (χ1v) is 13.4. The van der Waals surface area contributed by atoms with Crippen LogP contribution in [0.4, 0.5) is 10.5 Å². The number of anilines is 1. The molecule has 3 aromatic rings. The highest BCUT2D eigenvalue weighted by Crippen LogP contribution is 2.29. The molecule has 0 bridgehead atoms. The number of halogens is 1. The molecule has 204 valence electrons. The number of nitrogens with zero attached hydrogens (tertiary/aromatic N) is 1. The Labute approximate surface area is 237 Å². The molecule has 0 saturated carbocycles. The summed E-state index contributed by atoms with van der Waals surface area (Å²) in [5, 5.41) is 26.5. The first-order chi connectivity index (χ1) is 19.3. The zero-order valence-corrected chi connectivity index (χ0v) is 22.5. The maximum Gasteiger partial charge on any atom is 0.319 e. The fraction of sp³-hybridized carbons (Fsp3) is 0.226. The average Bonchev–Trinajstić information content (AvgIpc) is 2.96. The summed E-state index contributed by atoms with van der Waals surface area (Å²) in [4.78, 5) is 36.2. The lowest BCUT2D eigenvalue weighted by atomic mass is 9.91. The van der Waals surface area contributed by atoms with Gasteiger partial charge in [-0.15, -0.1) is 0 Å². The van der Waals surface area contributed by atoms with Crippen LogP contribution in [-0.4, -0.2) is 29.6 Å². The Hall–Kier alpha value is -4.61. The Bertz CT molecular complexity index is 1460. The van der Waals surface area contributed by atoms with Gasteiger partial charge in [-0.3, -0.25) is 9.59 Å². The number of carboxylic acid groups (broad SMARTS) is 1. The third-order valence-corrected chi connectivity index (χ3v) is 6.97. The monoisotopic (exact) mass is 556 g/mol. The zero-order valence-electron chi connectivity index (χ0n) is 21.7. The molecule has 4 N–H and O–H groups in total. The molecule has 0 spiro atoms. The van der Waals surface area contributed by atoms with Crippen molar-refractivity contribution in [3.8, 4) is 6.07 Å². The van der Waals surface area contributed by atoms with Crippen molar-refractivity contribution in [3.63, 3.8) is 0 Å². The number of urea groups is 1. The molecule has 40 heavy (non-hydrogen) atoms. The molecule has 1 unspecified atom stereocenters. The van der Waals surface area contributed by atoms with Gasteiger partial charge >= 0.3 is 12.0 Å². The van der Waals surface area contributed by atoms with E-state index in [-0.39, 0.29) is 23.9 Å². The number of amides is 3. The van der Waals surface area contributed by atoms with Crippen LogP contribution in [0.15, 0.2) is 72.8 Å². The van der Waals surface area contributed by atoms with Gasteiger partial charge in [-0.1, -0.05) is 54.1 Å². The fourth-order valence-corrected chi connectivity index (χ4v) is 4.77. The first kappa shape index (κ1) is 28.4. The Morgan fingerprint density at radius 2 is 1.68 bits per heavy atom. The molecule has 3 aromatic carbocycles. The molecule has 8 nitrogen and oxygen atoms in total. The van der Waals surface area contributed by atoms with Gasteiger partial charge in [-0.25, -0.2) is 4.79 Å². The van der Waals surface area contributed by atoms with Crippen LogP contribution in [0.25, 0.3) is 5.57 Å².